The van der Waals surface area contributed by atoms with Crippen LogP contribution in [0.1, 0.15) is 0 Å². The van der Waals surface area contributed by atoms with Crippen molar-refractivity contribution in [2.75, 3.05) is 6.61 Å². The SMILES string of the molecule is Cn1c[n+](CCO)cn1. The molecule has 0 saturated carbocycles. The molecule has 0 atom stereocenters. The molecular weight excluding hydrogens is 118 g/mol. The Hall–Kier alpha value is -0.900. The molecule has 0 saturated heterocycles. The summed E-state index contributed by atoms with van der Waals surface area (Å²) < 4.78 is 3.51. The molecule has 0 unspecified atom stereocenters. The lowest BCUT2D eigenvalue weighted by Crippen LogP contribution is -2.32. The van der Waals surface area contributed by atoms with E-state index in [0.29, 0.717) is 6.54 Å². The summed E-state index contributed by atoms with van der Waals surface area (Å²) in [7, 11) is 1.84. The third-order valence-corrected chi connectivity index (χ3v) is 1.06. The van der Waals surface area contributed by atoms with Gasteiger partial charge in [0.05, 0.1) is 20.2 Å². The van der Waals surface area contributed by atoms with E-state index in [-0.39, 0.29) is 6.61 Å². The Morgan fingerprint density at radius 2 is 2.56 bits per heavy atom. The van der Waals surface area contributed by atoms with Crippen LogP contribution in [0.3, 0.4) is 0 Å². The number of rotatable bonds is 2. The van der Waals surface area contributed by atoms with E-state index in [0.717, 1.165) is 0 Å². The van der Waals surface area contributed by atoms with Crippen molar-refractivity contribution < 1.29 is 9.67 Å². The van der Waals surface area contributed by atoms with Crippen molar-refractivity contribution in [1.82, 2.24) is 9.78 Å². The number of aromatic nitrogens is 3. The molecule has 4 nitrogen and oxygen atoms in total. The monoisotopic (exact) mass is 128 g/mol. The van der Waals surface area contributed by atoms with Crippen molar-refractivity contribution in [1.29, 1.82) is 0 Å². The second kappa shape index (κ2) is 2.59. The molecule has 9 heavy (non-hydrogen) atoms. The predicted octanol–water partition coefficient (Wildman–Crippen LogP) is -1.30. The maximum atomic E-state index is 8.47. The molecule has 0 aliphatic rings. The minimum absolute atomic E-state index is 0.163. The highest BCUT2D eigenvalue weighted by molar-refractivity contribution is 4.37. The molecule has 0 aliphatic carbocycles. The average Bonchev–Trinajstić information content (AvgIpc) is 2.17. The van der Waals surface area contributed by atoms with Gasteiger partial charge in [-0.05, 0) is 0 Å². The van der Waals surface area contributed by atoms with Crippen LogP contribution in [0, 0.1) is 0 Å². The molecule has 1 aromatic rings. The van der Waals surface area contributed by atoms with Crippen LogP contribution in [0.5, 0.6) is 0 Å². The summed E-state index contributed by atoms with van der Waals surface area (Å²) in [6, 6.07) is 0. The number of hydrogen-bond acceptors (Lipinski definition) is 2. The molecule has 0 radical (unpaired) electrons. The molecule has 0 spiro atoms. The molecule has 1 aromatic heterocycles. The molecule has 4 heteroatoms. The van der Waals surface area contributed by atoms with E-state index in [2.05, 4.69) is 5.10 Å². The summed E-state index contributed by atoms with van der Waals surface area (Å²) in [5.74, 6) is 0. The van der Waals surface area contributed by atoms with Crippen molar-refractivity contribution in [2.45, 2.75) is 6.54 Å². The molecule has 0 fully saturated rings. The molecule has 1 rings (SSSR count). The smallest absolute Gasteiger partial charge is 0.265 e. The highest BCUT2D eigenvalue weighted by Gasteiger charge is 1.97. The molecule has 1 heterocycles. The maximum Gasteiger partial charge on any atom is 0.265 e. The Kier molecular flexibility index (Phi) is 1.79. The first kappa shape index (κ1) is 6.22. The van der Waals surface area contributed by atoms with Crippen LogP contribution in [-0.2, 0) is 13.6 Å². The van der Waals surface area contributed by atoms with Crippen LogP contribution in [0.15, 0.2) is 12.7 Å². The van der Waals surface area contributed by atoms with Crippen LogP contribution in [0.4, 0.5) is 0 Å². The largest absolute Gasteiger partial charge is 0.393 e. The molecule has 0 bridgehead atoms. The summed E-state index contributed by atoms with van der Waals surface area (Å²) in [6.07, 6.45) is 3.49. The maximum absolute atomic E-state index is 8.47. The van der Waals surface area contributed by atoms with Gasteiger partial charge in [0.15, 0.2) is 0 Å². The van der Waals surface area contributed by atoms with Crippen molar-refractivity contribution >= 4 is 0 Å². The van der Waals surface area contributed by atoms with E-state index >= 15 is 0 Å². The van der Waals surface area contributed by atoms with Crippen LogP contribution < -0.4 is 4.57 Å². The van der Waals surface area contributed by atoms with Crippen molar-refractivity contribution in [3.05, 3.63) is 12.7 Å². The summed E-state index contributed by atoms with van der Waals surface area (Å²) >= 11 is 0. The first-order valence-electron chi connectivity index (χ1n) is 2.81. The number of aryl methyl sites for hydroxylation is 1. The molecule has 50 valence electrons. The second-order valence-corrected chi connectivity index (χ2v) is 1.88. The Morgan fingerprint density at radius 3 is 3.00 bits per heavy atom. The van der Waals surface area contributed by atoms with E-state index in [1.165, 1.54) is 0 Å². The van der Waals surface area contributed by atoms with Crippen LogP contribution in [-0.4, -0.2) is 21.5 Å². The van der Waals surface area contributed by atoms with Crippen molar-refractivity contribution in [2.24, 2.45) is 7.05 Å². The van der Waals surface area contributed by atoms with E-state index in [1.807, 2.05) is 17.9 Å². The third-order valence-electron chi connectivity index (χ3n) is 1.06. The fourth-order valence-corrected chi connectivity index (χ4v) is 0.653. The highest BCUT2D eigenvalue weighted by Crippen LogP contribution is 1.68. The van der Waals surface area contributed by atoms with Gasteiger partial charge in [-0.2, -0.15) is 0 Å². The number of aliphatic hydroxyl groups is 1. The zero-order chi connectivity index (χ0) is 6.69. The first-order chi connectivity index (χ1) is 4.33. The minimum Gasteiger partial charge on any atom is -0.393 e. The van der Waals surface area contributed by atoms with Crippen molar-refractivity contribution in [3.8, 4) is 0 Å². The normalized spacial score (nSPS) is 10.0. The van der Waals surface area contributed by atoms with E-state index in [9.17, 15) is 0 Å². The van der Waals surface area contributed by atoms with Crippen LogP contribution in [0.25, 0.3) is 0 Å². The number of aliphatic hydroxyl groups excluding tert-OH is 1. The summed E-state index contributed by atoms with van der Waals surface area (Å²) in [6.45, 7) is 0.782. The average molecular weight is 128 g/mol. The molecule has 0 aliphatic heterocycles. The van der Waals surface area contributed by atoms with Gasteiger partial charge in [-0.1, -0.05) is 0 Å². The predicted molar refractivity (Wildman–Crippen MR) is 30.5 cm³/mol. The van der Waals surface area contributed by atoms with E-state index < -0.39 is 0 Å². The van der Waals surface area contributed by atoms with Gasteiger partial charge in [0.1, 0.15) is 0 Å². The zero-order valence-electron chi connectivity index (χ0n) is 5.36. The van der Waals surface area contributed by atoms with Gasteiger partial charge in [-0.3, -0.25) is 0 Å². The van der Waals surface area contributed by atoms with Gasteiger partial charge in [-0.15, -0.1) is 4.68 Å². The zero-order valence-corrected chi connectivity index (χ0v) is 5.36. The Labute approximate surface area is 53.4 Å². The van der Waals surface area contributed by atoms with Gasteiger partial charge < -0.3 is 5.11 Å². The lowest BCUT2D eigenvalue weighted by atomic mass is 10.7. The topological polar surface area (TPSA) is 41.9 Å². The van der Waals surface area contributed by atoms with Gasteiger partial charge >= 0.3 is 0 Å². The second-order valence-electron chi connectivity index (χ2n) is 1.88. The Bertz CT molecular complexity index is 184. The molecule has 0 aromatic carbocycles. The Balaban J connectivity index is 2.61. The standard InChI is InChI=1S/C5H10N3O/c1-7-5-8(2-3-9)4-6-7/h4-5,9H,2-3H2,1H3/q+1. The van der Waals surface area contributed by atoms with Gasteiger partial charge in [-0.25, -0.2) is 4.57 Å². The lowest BCUT2D eigenvalue weighted by Gasteiger charge is -1.85. The third kappa shape index (κ3) is 1.50. The molecule has 0 amide bonds. The fraction of sp³-hybridized carbons (Fsp3) is 0.600. The Morgan fingerprint density at radius 1 is 1.78 bits per heavy atom. The highest BCUT2D eigenvalue weighted by atomic mass is 16.3. The van der Waals surface area contributed by atoms with E-state index in [4.69, 9.17) is 5.11 Å². The minimum atomic E-state index is 0.163. The van der Waals surface area contributed by atoms with Gasteiger partial charge in [0, 0.05) is 5.10 Å². The molecular formula is C5H10N3O+. The quantitative estimate of drug-likeness (QED) is 0.503. The number of hydrogen-bond donors (Lipinski definition) is 1. The summed E-state index contributed by atoms with van der Waals surface area (Å²) in [5.41, 5.74) is 0. The summed E-state index contributed by atoms with van der Waals surface area (Å²) in [4.78, 5) is 0. The number of nitrogens with zero attached hydrogens (tertiary/aromatic N) is 3. The van der Waals surface area contributed by atoms with E-state index in [1.54, 1.807) is 11.0 Å². The lowest BCUT2D eigenvalue weighted by molar-refractivity contribution is -0.698. The van der Waals surface area contributed by atoms with Gasteiger partial charge in [0.2, 0.25) is 6.33 Å². The van der Waals surface area contributed by atoms with Crippen molar-refractivity contribution in [3.63, 3.8) is 0 Å². The first-order valence-corrected chi connectivity index (χ1v) is 2.81. The van der Waals surface area contributed by atoms with Crippen LogP contribution >= 0.6 is 0 Å². The molecule has 1 N–H and O–H groups in total. The fourth-order valence-electron chi connectivity index (χ4n) is 0.653. The van der Waals surface area contributed by atoms with Gasteiger partial charge in [0.25, 0.3) is 6.33 Å². The van der Waals surface area contributed by atoms with Crippen LogP contribution in [0.2, 0.25) is 0 Å². The summed E-state index contributed by atoms with van der Waals surface area (Å²) in [5, 5.41) is 12.4.